The summed E-state index contributed by atoms with van der Waals surface area (Å²) in [4.78, 5) is 2.05. The van der Waals surface area contributed by atoms with Crippen molar-refractivity contribution >= 4 is 32.3 Å². The topological polar surface area (TPSA) is 12.5 Å². The van der Waals surface area contributed by atoms with Crippen LogP contribution >= 0.6 is 27.3 Å². The van der Waals surface area contributed by atoms with E-state index >= 15 is 0 Å². The first-order chi connectivity index (χ1) is 5.24. The fourth-order valence-corrected chi connectivity index (χ4v) is 2.14. The van der Waals surface area contributed by atoms with Crippen molar-refractivity contribution in [2.45, 2.75) is 0 Å². The number of hydrogen-bond donors (Lipinski definition) is 0. The van der Waals surface area contributed by atoms with E-state index in [0.717, 1.165) is 4.47 Å². The van der Waals surface area contributed by atoms with Crippen molar-refractivity contribution < 1.29 is 4.74 Å². The highest BCUT2D eigenvalue weighted by Gasteiger charge is 2.01. The molecule has 0 aromatic carbocycles. The van der Waals surface area contributed by atoms with Crippen molar-refractivity contribution in [3.8, 4) is 0 Å². The largest absolute Gasteiger partial charge is 0.364 e. The smallest absolute Gasteiger partial charge is 0.118 e. The fraction of sp³-hybridized carbons (Fsp3) is 0.429. The monoisotopic (exact) mass is 235 g/mol. The molecule has 0 bridgehead atoms. The molecule has 2 nitrogen and oxygen atoms in total. The van der Waals surface area contributed by atoms with Crippen molar-refractivity contribution in [3.05, 3.63) is 15.9 Å². The molecule has 0 unspecified atom stereocenters. The van der Waals surface area contributed by atoms with Gasteiger partial charge in [-0.25, -0.2) is 0 Å². The lowest BCUT2D eigenvalue weighted by Crippen LogP contribution is -2.18. The lowest BCUT2D eigenvalue weighted by molar-refractivity contribution is 0.202. The zero-order valence-corrected chi connectivity index (χ0v) is 8.91. The van der Waals surface area contributed by atoms with Crippen molar-refractivity contribution in [1.29, 1.82) is 0 Å². The molecule has 0 saturated carbocycles. The van der Waals surface area contributed by atoms with Gasteiger partial charge in [-0.2, -0.15) is 0 Å². The van der Waals surface area contributed by atoms with E-state index in [9.17, 15) is 0 Å². The minimum atomic E-state index is 0.632. The minimum absolute atomic E-state index is 0.632. The average Bonchev–Trinajstić information content (AvgIpc) is 2.36. The van der Waals surface area contributed by atoms with Crippen LogP contribution in [0.1, 0.15) is 0 Å². The Labute approximate surface area is 78.9 Å². The Bertz CT molecular complexity index is 226. The molecule has 0 N–H and O–H groups in total. The third-order valence-electron chi connectivity index (χ3n) is 1.25. The summed E-state index contributed by atoms with van der Waals surface area (Å²) in [5.41, 5.74) is 0. The standard InChI is InChI=1S/C7H10BrNOS/c1-9(5-10-2)7-3-6(8)4-11-7/h3-4H,5H2,1-2H3. The molecule has 0 atom stereocenters. The first-order valence-corrected chi connectivity index (χ1v) is 4.85. The number of ether oxygens (including phenoxy) is 1. The summed E-state index contributed by atoms with van der Waals surface area (Å²) in [5.74, 6) is 0. The number of halogens is 1. The molecule has 0 amide bonds. The molecule has 1 aromatic rings. The highest BCUT2D eigenvalue weighted by Crippen LogP contribution is 2.26. The maximum absolute atomic E-state index is 4.98. The summed E-state index contributed by atoms with van der Waals surface area (Å²) < 4.78 is 6.11. The van der Waals surface area contributed by atoms with Gasteiger partial charge in [-0.1, -0.05) is 0 Å². The van der Waals surface area contributed by atoms with E-state index in [1.165, 1.54) is 5.00 Å². The van der Waals surface area contributed by atoms with E-state index in [1.807, 2.05) is 7.05 Å². The van der Waals surface area contributed by atoms with Crippen molar-refractivity contribution in [2.75, 3.05) is 25.8 Å². The number of anilines is 1. The Morgan fingerprint density at radius 3 is 2.91 bits per heavy atom. The zero-order chi connectivity index (χ0) is 8.27. The maximum atomic E-state index is 4.98. The fourth-order valence-electron chi connectivity index (χ4n) is 0.760. The number of thiophene rings is 1. The molecule has 62 valence electrons. The minimum Gasteiger partial charge on any atom is -0.364 e. The molecular weight excluding hydrogens is 226 g/mol. The van der Waals surface area contributed by atoms with Crippen LogP contribution in [-0.4, -0.2) is 20.9 Å². The van der Waals surface area contributed by atoms with Gasteiger partial charge in [-0.05, 0) is 22.0 Å². The first-order valence-electron chi connectivity index (χ1n) is 3.18. The normalized spacial score (nSPS) is 10.1. The molecule has 0 spiro atoms. The summed E-state index contributed by atoms with van der Waals surface area (Å²) in [6, 6.07) is 2.07. The van der Waals surface area contributed by atoms with Crippen LogP contribution in [0.3, 0.4) is 0 Å². The highest BCUT2D eigenvalue weighted by atomic mass is 79.9. The Morgan fingerprint density at radius 1 is 1.73 bits per heavy atom. The van der Waals surface area contributed by atoms with Gasteiger partial charge in [0.05, 0.1) is 5.00 Å². The predicted molar refractivity (Wildman–Crippen MR) is 52.3 cm³/mol. The predicted octanol–water partition coefficient (Wildman–Crippen LogP) is 2.55. The van der Waals surface area contributed by atoms with E-state index in [-0.39, 0.29) is 0 Å². The Morgan fingerprint density at radius 2 is 2.45 bits per heavy atom. The van der Waals surface area contributed by atoms with Crippen LogP contribution in [0.2, 0.25) is 0 Å². The van der Waals surface area contributed by atoms with Crippen molar-refractivity contribution in [3.63, 3.8) is 0 Å². The summed E-state index contributed by atoms with van der Waals surface area (Å²) in [6.07, 6.45) is 0. The second-order valence-corrected chi connectivity index (χ2v) is 4.02. The molecule has 1 heterocycles. The average molecular weight is 236 g/mol. The molecule has 0 saturated heterocycles. The Balaban J connectivity index is 2.60. The quantitative estimate of drug-likeness (QED) is 0.748. The van der Waals surface area contributed by atoms with Crippen LogP contribution in [0.25, 0.3) is 0 Å². The third-order valence-corrected chi connectivity index (χ3v) is 3.06. The molecule has 0 aliphatic carbocycles. The molecule has 0 aliphatic rings. The lowest BCUT2D eigenvalue weighted by atomic mass is 10.6. The van der Waals surface area contributed by atoms with E-state index < -0.39 is 0 Å². The number of rotatable bonds is 3. The van der Waals surface area contributed by atoms with E-state index in [0.29, 0.717) is 6.73 Å². The second kappa shape index (κ2) is 4.09. The Hall–Kier alpha value is -0.0600. The molecule has 1 aromatic heterocycles. The van der Waals surface area contributed by atoms with Gasteiger partial charge in [-0.3, -0.25) is 0 Å². The number of hydrogen-bond acceptors (Lipinski definition) is 3. The van der Waals surface area contributed by atoms with E-state index in [1.54, 1.807) is 18.4 Å². The summed E-state index contributed by atoms with van der Waals surface area (Å²) in [7, 11) is 3.70. The van der Waals surface area contributed by atoms with Crippen LogP contribution in [0.4, 0.5) is 5.00 Å². The van der Waals surface area contributed by atoms with E-state index in [4.69, 9.17) is 4.74 Å². The number of methoxy groups -OCH3 is 1. The number of nitrogens with zero attached hydrogens (tertiary/aromatic N) is 1. The van der Waals surface area contributed by atoms with Gasteiger partial charge in [0, 0.05) is 24.0 Å². The van der Waals surface area contributed by atoms with E-state index in [2.05, 4.69) is 32.3 Å². The molecule has 4 heteroatoms. The van der Waals surface area contributed by atoms with Gasteiger partial charge in [0.15, 0.2) is 0 Å². The molecule has 11 heavy (non-hydrogen) atoms. The van der Waals surface area contributed by atoms with Crippen molar-refractivity contribution in [2.24, 2.45) is 0 Å². The lowest BCUT2D eigenvalue weighted by Gasteiger charge is -2.14. The molecular formula is C7H10BrNOS. The van der Waals surface area contributed by atoms with Gasteiger partial charge in [0.25, 0.3) is 0 Å². The molecule has 0 fully saturated rings. The molecule has 1 rings (SSSR count). The summed E-state index contributed by atoms with van der Waals surface area (Å²) >= 11 is 5.09. The Kier molecular flexibility index (Phi) is 3.36. The maximum Gasteiger partial charge on any atom is 0.118 e. The highest BCUT2D eigenvalue weighted by molar-refractivity contribution is 9.10. The van der Waals surface area contributed by atoms with Crippen LogP contribution in [-0.2, 0) is 4.74 Å². The summed E-state index contributed by atoms with van der Waals surface area (Å²) in [5, 5.41) is 3.26. The van der Waals surface area contributed by atoms with Crippen LogP contribution in [0, 0.1) is 0 Å². The van der Waals surface area contributed by atoms with Crippen molar-refractivity contribution in [1.82, 2.24) is 0 Å². The third kappa shape index (κ3) is 2.47. The van der Waals surface area contributed by atoms with Gasteiger partial charge in [-0.15, -0.1) is 11.3 Å². The first kappa shape index (κ1) is 9.03. The van der Waals surface area contributed by atoms with Crippen LogP contribution in [0.15, 0.2) is 15.9 Å². The SMILES string of the molecule is COCN(C)c1cc(Br)cs1. The van der Waals surface area contributed by atoms with Gasteiger partial charge in [0.2, 0.25) is 0 Å². The second-order valence-electron chi connectivity index (χ2n) is 2.22. The molecule has 0 radical (unpaired) electrons. The van der Waals surface area contributed by atoms with Gasteiger partial charge in [0.1, 0.15) is 6.73 Å². The van der Waals surface area contributed by atoms with Crippen LogP contribution in [0.5, 0.6) is 0 Å². The zero-order valence-electron chi connectivity index (χ0n) is 6.50. The van der Waals surface area contributed by atoms with Gasteiger partial charge >= 0.3 is 0 Å². The molecule has 0 aliphatic heterocycles. The van der Waals surface area contributed by atoms with Gasteiger partial charge < -0.3 is 9.64 Å². The summed E-state index contributed by atoms with van der Waals surface area (Å²) in [6.45, 7) is 0.632. The van der Waals surface area contributed by atoms with Crippen LogP contribution < -0.4 is 4.90 Å².